The lowest BCUT2D eigenvalue weighted by Crippen LogP contribution is -2.20. The predicted octanol–water partition coefficient (Wildman–Crippen LogP) is 2.05. The third-order valence-corrected chi connectivity index (χ3v) is 4.00. The number of benzene rings is 2. The van der Waals surface area contributed by atoms with Crippen LogP contribution in [-0.2, 0) is 10.0 Å². The molecule has 2 aromatic rings. The van der Waals surface area contributed by atoms with Gasteiger partial charge in [-0.05, 0) is 30.3 Å². The molecule has 0 saturated heterocycles. The van der Waals surface area contributed by atoms with E-state index in [-0.39, 0.29) is 16.1 Å². The molecule has 0 radical (unpaired) electrons. The molecule has 0 aliphatic heterocycles. The molecule has 0 unspecified atom stereocenters. The van der Waals surface area contributed by atoms with E-state index in [1.807, 2.05) is 0 Å². The van der Waals surface area contributed by atoms with Crippen molar-refractivity contribution in [3.05, 3.63) is 59.7 Å². The number of nitrogen functional groups attached to an aromatic ring is 1. The summed E-state index contributed by atoms with van der Waals surface area (Å²) in [6.07, 6.45) is 0. The van der Waals surface area contributed by atoms with E-state index in [4.69, 9.17) is 11.1 Å². The van der Waals surface area contributed by atoms with Crippen LogP contribution in [0, 0.1) is 17.0 Å². The Morgan fingerprint density at radius 2 is 1.81 bits per heavy atom. The summed E-state index contributed by atoms with van der Waals surface area (Å²) in [4.78, 5) is -0.318. The van der Waals surface area contributed by atoms with Crippen LogP contribution in [0.1, 0.15) is 5.56 Å². The summed E-state index contributed by atoms with van der Waals surface area (Å²) in [5.74, 6) is -2.17. The first kappa shape index (κ1) is 14.9. The van der Waals surface area contributed by atoms with E-state index in [2.05, 4.69) is 4.72 Å². The molecule has 0 bridgehead atoms. The van der Waals surface area contributed by atoms with Crippen LogP contribution in [0.3, 0.4) is 0 Å². The molecule has 2 aromatic carbocycles. The Morgan fingerprint density at radius 1 is 1.14 bits per heavy atom. The SMILES string of the molecule is N=C(N)c1c(F)cccc1NS(=O)(=O)c1cccc(F)c1. The highest BCUT2D eigenvalue weighted by atomic mass is 32.2. The fraction of sp³-hybridized carbons (Fsp3) is 0. The largest absolute Gasteiger partial charge is 0.384 e. The van der Waals surface area contributed by atoms with Gasteiger partial charge >= 0.3 is 0 Å². The van der Waals surface area contributed by atoms with Crippen molar-refractivity contribution in [2.45, 2.75) is 4.90 Å². The number of anilines is 1. The quantitative estimate of drug-likeness (QED) is 0.595. The summed E-state index contributed by atoms with van der Waals surface area (Å²) >= 11 is 0. The van der Waals surface area contributed by atoms with Gasteiger partial charge in [-0.25, -0.2) is 17.2 Å². The zero-order valence-electron chi connectivity index (χ0n) is 10.6. The maximum Gasteiger partial charge on any atom is 0.262 e. The van der Waals surface area contributed by atoms with Crippen molar-refractivity contribution < 1.29 is 17.2 Å². The first-order valence-electron chi connectivity index (χ1n) is 5.72. The van der Waals surface area contributed by atoms with Gasteiger partial charge < -0.3 is 5.73 Å². The molecule has 0 spiro atoms. The molecule has 0 fully saturated rings. The summed E-state index contributed by atoms with van der Waals surface area (Å²) in [5, 5.41) is 7.31. The number of hydrogen-bond acceptors (Lipinski definition) is 3. The molecule has 0 heterocycles. The van der Waals surface area contributed by atoms with Crippen LogP contribution in [0.15, 0.2) is 47.4 Å². The zero-order valence-corrected chi connectivity index (χ0v) is 11.4. The molecule has 8 heteroatoms. The van der Waals surface area contributed by atoms with Gasteiger partial charge in [-0.3, -0.25) is 10.1 Å². The van der Waals surface area contributed by atoms with Gasteiger partial charge in [-0.1, -0.05) is 12.1 Å². The van der Waals surface area contributed by atoms with E-state index in [9.17, 15) is 17.2 Å². The van der Waals surface area contributed by atoms with Gasteiger partial charge in [0.1, 0.15) is 17.5 Å². The monoisotopic (exact) mass is 311 g/mol. The molecule has 0 amide bonds. The maximum absolute atomic E-state index is 13.6. The van der Waals surface area contributed by atoms with Crippen molar-refractivity contribution >= 4 is 21.5 Å². The second kappa shape index (κ2) is 5.49. The zero-order chi connectivity index (χ0) is 15.6. The first-order valence-corrected chi connectivity index (χ1v) is 7.21. The normalized spacial score (nSPS) is 11.1. The summed E-state index contributed by atoms with van der Waals surface area (Å²) < 4.78 is 53.1. The number of nitrogens with one attached hydrogen (secondary N) is 2. The Kier molecular flexibility index (Phi) is 3.90. The lowest BCUT2D eigenvalue weighted by molar-refractivity contribution is 0.595. The lowest BCUT2D eigenvalue weighted by atomic mass is 10.1. The average Bonchev–Trinajstić information content (AvgIpc) is 2.37. The van der Waals surface area contributed by atoms with Crippen molar-refractivity contribution in [1.82, 2.24) is 0 Å². The molecule has 110 valence electrons. The molecule has 0 saturated carbocycles. The second-order valence-corrected chi connectivity index (χ2v) is 5.82. The van der Waals surface area contributed by atoms with Crippen molar-refractivity contribution in [3.8, 4) is 0 Å². The van der Waals surface area contributed by atoms with Gasteiger partial charge in [0.25, 0.3) is 10.0 Å². The Hall–Kier alpha value is -2.48. The van der Waals surface area contributed by atoms with Crippen LogP contribution in [0.2, 0.25) is 0 Å². The topological polar surface area (TPSA) is 96.0 Å². The van der Waals surface area contributed by atoms with Crippen LogP contribution in [0.4, 0.5) is 14.5 Å². The molecule has 5 nitrogen and oxygen atoms in total. The molecule has 21 heavy (non-hydrogen) atoms. The lowest BCUT2D eigenvalue weighted by Gasteiger charge is -2.12. The fourth-order valence-electron chi connectivity index (χ4n) is 1.72. The van der Waals surface area contributed by atoms with Crippen molar-refractivity contribution in [1.29, 1.82) is 5.41 Å². The van der Waals surface area contributed by atoms with Gasteiger partial charge in [0.15, 0.2) is 0 Å². The minimum Gasteiger partial charge on any atom is -0.384 e. The van der Waals surface area contributed by atoms with E-state index in [0.29, 0.717) is 0 Å². The van der Waals surface area contributed by atoms with Gasteiger partial charge in [0, 0.05) is 0 Å². The minimum absolute atomic E-state index is 0.188. The van der Waals surface area contributed by atoms with E-state index in [1.165, 1.54) is 24.3 Å². The smallest absolute Gasteiger partial charge is 0.262 e. The number of amidine groups is 1. The third kappa shape index (κ3) is 3.16. The van der Waals surface area contributed by atoms with Crippen LogP contribution in [0.5, 0.6) is 0 Å². The van der Waals surface area contributed by atoms with Gasteiger partial charge in [-0.15, -0.1) is 0 Å². The average molecular weight is 311 g/mol. The standard InChI is InChI=1S/C13H11F2N3O2S/c14-8-3-1-4-9(7-8)21(19,20)18-11-6-2-5-10(15)12(11)13(16)17/h1-7,18H,(H3,16,17). The molecule has 0 atom stereocenters. The Bertz CT molecular complexity index is 807. The van der Waals surface area contributed by atoms with E-state index in [0.717, 1.165) is 18.2 Å². The minimum atomic E-state index is -4.12. The molecular formula is C13H11F2N3O2S. The summed E-state index contributed by atoms with van der Waals surface area (Å²) in [5.41, 5.74) is 4.69. The number of hydrogen-bond donors (Lipinski definition) is 3. The highest BCUT2D eigenvalue weighted by Crippen LogP contribution is 2.22. The van der Waals surface area contributed by atoms with Gasteiger partial charge in [0.2, 0.25) is 0 Å². The molecule has 2 rings (SSSR count). The van der Waals surface area contributed by atoms with Gasteiger partial charge in [0.05, 0.1) is 16.1 Å². The number of sulfonamides is 1. The highest BCUT2D eigenvalue weighted by Gasteiger charge is 2.19. The molecule has 0 aliphatic carbocycles. The predicted molar refractivity (Wildman–Crippen MR) is 74.6 cm³/mol. The molecule has 0 aromatic heterocycles. The summed E-state index contributed by atoms with van der Waals surface area (Å²) in [6.45, 7) is 0. The Balaban J connectivity index is 2.47. The van der Waals surface area contributed by atoms with Crippen LogP contribution >= 0.6 is 0 Å². The van der Waals surface area contributed by atoms with E-state index in [1.54, 1.807) is 0 Å². The van der Waals surface area contributed by atoms with Crippen molar-refractivity contribution in [3.63, 3.8) is 0 Å². The maximum atomic E-state index is 13.6. The van der Waals surface area contributed by atoms with Gasteiger partial charge in [-0.2, -0.15) is 0 Å². The third-order valence-electron chi connectivity index (χ3n) is 2.63. The van der Waals surface area contributed by atoms with Crippen LogP contribution < -0.4 is 10.5 Å². The molecule has 0 aliphatic rings. The Labute approximate surface area is 120 Å². The highest BCUT2D eigenvalue weighted by molar-refractivity contribution is 7.92. The van der Waals surface area contributed by atoms with Crippen LogP contribution in [0.25, 0.3) is 0 Å². The van der Waals surface area contributed by atoms with Crippen molar-refractivity contribution in [2.75, 3.05) is 4.72 Å². The first-order chi connectivity index (χ1) is 9.81. The molecular weight excluding hydrogens is 300 g/mol. The van der Waals surface area contributed by atoms with E-state index < -0.39 is 27.5 Å². The summed E-state index contributed by atoms with van der Waals surface area (Å²) in [7, 11) is -4.12. The number of halogens is 2. The number of rotatable bonds is 4. The Morgan fingerprint density at radius 3 is 2.43 bits per heavy atom. The molecule has 4 N–H and O–H groups in total. The fourth-order valence-corrected chi connectivity index (χ4v) is 2.82. The second-order valence-electron chi connectivity index (χ2n) is 4.14. The number of nitrogens with two attached hydrogens (primary N) is 1. The summed E-state index contributed by atoms with van der Waals surface area (Å²) in [6, 6.07) is 7.94. The van der Waals surface area contributed by atoms with E-state index >= 15 is 0 Å². The van der Waals surface area contributed by atoms with Crippen molar-refractivity contribution in [2.24, 2.45) is 5.73 Å². The van der Waals surface area contributed by atoms with Crippen LogP contribution in [-0.4, -0.2) is 14.3 Å².